The Morgan fingerprint density at radius 3 is 2.67 bits per heavy atom. The van der Waals surface area contributed by atoms with E-state index in [1.807, 2.05) is 43.3 Å². The molecule has 4 aromatic rings. The lowest BCUT2D eigenvalue weighted by atomic mass is 10.1. The van der Waals surface area contributed by atoms with Crippen LogP contribution in [0.1, 0.15) is 40.1 Å². The van der Waals surface area contributed by atoms with Crippen molar-refractivity contribution in [3.63, 3.8) is 0 Å². The molecule has 0 aliphatic carbocycles. The first-order valence-electron chi connectivity index (χ1n) is 9.10. The molecule has 0 aliphatic rings. The quantitative estimate of drug-likeness (QED) is 0.488. The van der Waals surface area contributed by atoms with Gasteiger partial charge < -0.3 is 9.88 Å². The fourth-order valence-electron chi connectivity index (χ4n) is 3.42. The minimum absolute atomic E-state index is 0.0394. The summed E-state index contributed by atoms with van der Waals surface area (Å²) in [5.41, 5.74) is 5.35. The lowest BCUT2D eigenvalue weighted by Crippen LogP contribution is -2.28. The summed E-state index contributed by atoms with van der Waals surface area (Å²) in [6.07, 6.45) is 0. The monoisotopic (exact) mass is 374 g/mol. The Labute approximate surface area is 163 Å². The summed E-state index contributed by atoms with van der Waals surface area (Å²) in [6, 6.07) is 22.5. The van der Waals surface area contributed by atoms with Crippen molar-refractivity contribution in [2.75, 3.05) is 0 Å². The van der Waals surface area contributed by atoms with E-state index >= 15 is 0 Å². The SMILES string of the molecule is Cc1cccc(Cn2c(C(=O)N[C@H](C)c3ccccc3)cc3sccc32)c1. The number of nitrogens with one attached hydrogen (secondary N) is 1. The minimum Gasteiger partial charge on any atom is -0.344 e. The van der Waals surface area contributed by atoms with E-state index in [1.165, 1.54) is 11.1 Å². The van der Waals surface area contributed by atoms with Gasteiger partial charge in [-0.2, -0.15) is 0 Å². The number of aryl methyl sites for hydroxylation is 1. The first-order chi connectivity index (χ1) is 13.1. The number of amides is 1. The normalized spacial score (nSPS) is 12.2. The van der Waals surface area contributed by atoms with Gasteiger partial charge in [-0.1, -0.05) is 60.2 Å². The number of aromatic nitrogens is 1. The Morgan fingerprint density at radius 1 is 1.07 bits per heavy atom. The van der Waals surface area contributed by atoms with Gasteiger partial charge in [-0.05, 0) is 42.5 Å². The third kappa shape index (κ3) is 3.67. The molecule has 4 heteroatoms. The number of carbonyl (C=O) groups excluding carboxylic acids is 1. The van der Waals surface area contributed by atoms with Crippen LogP contribution < -0.4 is 5.32 Å². The Balaban J connectivity index is 1.65. The summed E-state index contributed by atoms with van der Waals surface area (Å²) in [5.74, 6) is -0.0394. The predicted molar refractivity (Wildman–Crippen MR) is 112 cm³/mol. The molecule has 0 saturated carbocycles. The first kappa shape index (κ1) is 17.6. The highest BCUT2D eigenvalue weighted by Crippen LogP contribution is 2.27. The molecule has 136 valence electrons. The van der Waals surface area contributed by atoms with Crippen molar-refractivity contribution in [1.82, 2.24) is 9.88 Å². The van der Waals surface area contributed by atoms with Crippen LogP contribution in [0, 0.1) is 6.92 Å². The fourth-order valence-corrected chi connectivity index (χ4v) is 4.25. The van der Waals surface area contributed by atoms with Crippen LogP contribution >= 0.6 is 11.3 Å². The minimum atomic E-state index is -0.0425. The van der Waals surface area contributed by atoms with E-state index in [9.17, 15) is 4.79 Å². The van der Waals surface area contributed by atoms with Gasteiger partial charge in [0, 0.05) is 6.54 Å². The van der Waals surface area contributed by atoms with E-state index in [1.54, 1.807) is 11.3 Å². The molecule has 0 saturated heterocycles. The molecule has 4 rings (SSSR count). The molecule has 2 heterocycles. The summed E-state index contributed by atoms with van der Waals surface area (Å²) >= 11 is 1.67. The standard InChI is InChI=1S/C23H22N2OS/c1-16-7-6-8-18(13-16)15-25-20-11-12-27-22(20)14-21(25)23(26)24-17(2)19-9-4-3-5-10-19/h3-14,17H,15H2,1-2H3,(H,24,26)/t17-/m1/s1. The molecule has 0 aliphatic heterocycles. The molecule has 27 heavy (non-hydrogen) atoms. The van der Waals surface area contributed by atoms with Gasteiger partial charge in [-0.3, -0.25) is 4.79 Å². The summed E-state index contributed by atoms with van der Waals surface area (Å²) in [4.78, 5) is 13.0. The first-order valence-corrected chi connectivity index (χ1v) is 9.98. The highest BCUT2D eigenvalue weighted by atomic mass is 32.1. The molecule has 0 unspecified atom stereocenters. The maximum absolute atomic E-state index is 13.0. The second kappa shape index (κ2) is 7.41. The molecular weight excluding hydrogens is 352 g/mol. The number of nitrogens with zero attached hydrogens (tertiary/aromatic N) is 1. The third-order valence-electron chi connectivity index (χ3n) is 4.83. The molecule has 0 radical (unpaired) electrons. The lowest BCUT2D eigenvalue weighted by molar-refractivity contribution is 0.0931. The molecular formula is C23H22N2OS. The van der Waals surface area contributed by atoms with E-state index in [0.29, 0.717) is 12.2 Å². The van der Waals surface area contributed by atoms with Crippen LogP contribution in [0.25, 0.3) is 10.2 Å². The summed E-state index contributed by atoms with van der Waals surface area (Å²) < 4.78 is 3.26. The van der Waals surface area contributed by atoms with Crippen molar-refractivity contribution in [1.29, 1.82) is 0 Å². The average Bonchev–Trinajstić information content (AvgIpc) is 3.25. The zero-order valence-electron chi connectivity index (χ0n) is 15.5. The van der Waals surface area contributed by atoms with E-state index in [0.717, 1.165) is 15.8 Å². The largest absolute Gasteiger partial charge is 0.344 e. The number of thiophene rings is 1. The van der Waals surface area contributed by atoms with Crippen molar-refractivity contribution < 1.29 is 4.79 Å². The van der Waals surface area contributed by atoms with Crippen LogP contribution in [0.3, 0.4) is 0 Å². The molecule has 1 amide bonds. The van der Waals surface area contributed by atoms with Gasteiger partial charge in [-0.15, -0.1) is 11.3 Å². The number of hydrogen-bond donors (Lipinski definition) is 1. The smallest absolute Gasteiger partial charge is 0.268 e. The van der Waals surface area contributed by atoms with Gasteiger partial charge in [0.1, 0.15) is 5.69 Å². The van der Waals surface area contributed by atoms with E-state index in [2.05, 4.69) is 52.5 Å². The Bertz CT molecular complexity index is 1080. The number of benzene rings is 2. The van der Waals surface area contributed by atoms with Crippen LogP contribution in [0.4, 0.5) is 0 Å². The van der Waals surface area contributed by atoms with Crippen molar-refractivity contribution >= 4 is 27.5 Å². The number of fused-ring (bicyclic) bond motifs is 1. The van der Waals surface area contributed by atoms with Crippen LogP contribution in [-0.2, 0) is 6.54 Å². The molecule has 2 aromatic heterocycles. The number of carbonyl (C=O) groups is 1. The second-order valence-corrected chi connectivity index (χ2v) is 7.83. The lowest BCUT2D eigenvalue weighted by Gasteiger charge is -2.16. The molecule has 0 fully saturated rings. The van der Waals surface area contributed by atoms with Crippen molar-refractivity contribution in [3.8, 4) is 0 Å². The zero-order valence-corrected chi connectivity index (χ0v) is 16.3. The van der Waals surface area contributed by atoms with Gasteiger partial charge in [0.05, 0.1) is 16.3 Å². The van der Waals surface area contributed by atoms with E-state index in [-0.39, 0.29) is 11.9 Å². The van der Waals surface area contributed by atoms with Gasteiger partial charge in [0.25, 0.3) is 5.91 Å². The summed E-state index contributed by atoms with van der Waals surface area (Å²) in [6.45, 7) is 4.79. The van der Waals surface area contributed by atoms with Crippen molar-refractivity contribution in [2.45, 2.75) is 26.4 Å². The summed E-state index contributed by atoms with van der Waals surface area (Å²) in [7, 11) is 0. The Kier molecular flexibility index (Phi) is 4.82. The number of rotatable bonds is 5. The predicted octanol–water partition coefficient (Wildman–Crippen LogP) is 5.55. The van der Waals surface area contributed by atoms with Gasteiger partial charge in [0.2, 0.25) is 0 Å². The van der Waals surface area contributed by atoms with Gasteiger partial charge >= 0.3 is 0 Å². The van der Waals surface area contributed by atoms with Crippen LogP contribution in [0.15, 0.2) is 72.1 Å². The Morgan fingerprint density at radius 2 is 1.89 bits per heavy atom. The second-order valence-electron chi connectivity index (χ2n) is 6.88. The maximum Gasteiger partial charge on any atom is 0.268 e. The highest BCUT2D eigenvalue weighted by molar-refractivity contribution is 7.17. The Hall–Kier alpha value is -2.85. The van der Waals surface area contributed by atoms with Gasteiger partial charge in [-0.25, -0.2) is 0 Å². The molecule has 2 aromatic carbocycles. The van der Waals surface area contributed by atoms with Crippen molar-refractivity contribution in [2.24, 2.45) is 0 Å². The molecule has 3 nitrogen and oxygen atoms in total. The van der Waals surface area contributed by atoms with Crippen LogP contribution in [0.5, 0.6) is 0 Å². The van der Waals surface area contributed by atoms with Gasteiger partial charge in [0.15, 0.2) is 0 Å². The van der Waals surface area contributed by atoms with Crippen LogP contribution in [-0.4, -0.2) is 10.5 Å². The van der Waals surface area contributed by atoms with Crippen molar-refractivity contribution in [3.05, 3.63) is 94.5 Å². The third-order valence-corrected chi connectivity index (χ3v) is 5.68. The van der Waals surface area contributed by atoms with E-state index in [4.69, 9.17) is 0 Å². The fraction of sp³-hybridized carbons (Fsp3) is 0.174. The summed E-state index contributed by atoms with van der Waals surface area (Å²) in [5, 5.41) is 5.22. The average molecular weight is 375 g/mol. The molecule has 1 N–H and O–H groups in total. The molecule has 0 bridgehead atoms. The number of hydrogen-bond acceptors (Lipinski definition) is 2. The molecule has 0 spiro atoms. The zero-order chi connectivity index (χ0) is 18.8. The topological polar surface area (TPSA) is 34.0 Å². The molecule has 1 atom stereocenters. The van der Waals surface area contributed by atoms with Crippen LogP contribution in [0.2, 0.25) is 0 Å². The maximum atomic E-state index is 13.0. The van der Waals surface area contributed by atoms with E-state index < -0.39 is 0 Å². The highest BCUT2D eigenvalue weighted by Gasteiger charge is 2.18.